The van der Waals surface area contributed by atoms with E-state index in [0.717, 1.165) is 11.1 Å². The molecule has 3 aromatic carbocycles. The van der Waals surface area contributed by atoms with Gasteiger partial charge in [-0.25, -0.2) is 9.97 Å². The van der Waals surface area contributed by atoms with Crippen molar-refractivity contribution in [3.63, 3.8) is 0 Å². The second-order valence-electron chi connectivity index (χ2n) is 16.5. The predicted octanol–water partition coefficient (Wildman–Crippen LogP) is 2.75. The summed E-state index contributed by atoms with van der Waals surface area (Å²) < 4.78 is 12.2. The van der Waals surface area contributed by atoms with Crippen LogP contribution in [0.3, 0.4) is 0 Å². The number of hydrogen-bond acceptors (Lipinski definition) is 13. The molecule has 4 atom stereocenters. The Bertz CT molecular complexity index is 2530. The normalized spacial score (nSPS) is 16.2. The molecule has 0 saturated carbocycles. The highest BCUT2D eigenvalue weighted by Crippen LogP contribution is 2.40. The number of carbonyl (C=O) groups excluding carboxylic acids is 5. The van der Waals surface area contributed by atoms with E-state index < -0.39 is 53.7 Å². The molecule has 4 unspecified atom stereocenters. The molecule has 2 heterocycles. The SMILES string of the molecule is CC(C)=C(C)c1ccc(-c2nc(C)c(C(=O)NC(CCN)C(=O)N(C)C3C(=O)NC(C)C(=O)NC(C(=O)NCC#N)Cc4ccc(OCCN)c(c4)-c4cc3ccc4OCCN)c(C)n2)cc1. The van der Waals surface area contributed by atoms with Crippen LogP contribution < -0.4 is 47.9 Å². The molecule has 0 saturated heterocycles. The Hall–Kier alpha value is -7.20. The number of nitrogens with two attached hydrogens (primary N) is 3. The Morgan fingerprint density at radius 1 is 0.866 bits per heavy atom. The van der Waals surface area contributed by atoms with Gasteiger partial charge in [-0.15, -0.1) is 0 Å². The van der Waals surface area contributed by atoms with Crippen LogP contribution in [-0.4, -0.2) is 109 Å². The maximum absolute atomic E-state index is 14.7. The number of fused-ring (bicyclic) bond motifs is 5. The van der Waals surface area contributed by atoms with Gasteiger partial charge in [-0.2, -0.15) is 5.26 Å². The number of aryl methyl sites for hydroxylation is 2. The standard InChI is InChI=1S/C49H61N11O7/c1-27(2)28(3)33-9-11-34(12-10-33)44-55-29(4)42(30(5)56-44)47(63)58-38(16-17-50)49(65)60(7)43-35-13-15-41(67-23-20-53)37(26-35)36-24-32(8-14-40(36)66-22-19-52)25-39(46(62)54-21-18-51)59-45(61)31(6)57-48(43)64/h8-15,24,26,31,38-39,43H,16-17,19-23,25,50,52-53H2,1-7H3,(H,54,62)(H,57,64)(H,58,63)(H,59,61). The summed E-state index contributed by atoms with van der Waals surface area (Å²) in [5.41, 5.74) is 24.8. The molecule has 18 nitrogen and oxygen atoms in total. The molecule has 10 N–H and O–H groups in total. The van der Waals surface area contributed by atoms with Crippen LogP contribution in [0.4, 0.5) is 0 Å². The van der Waals surface area contributed by atoms with Crippen LogP contribution in [0.25, 0.3) is 28.1 Å². The first kappa shape index (κ1) is 50.8. The zero-order valence-electron chi connectivity index (χ0n) is 39.1. The van der Waals surface area contributed by atoms with E-state index in [0.29, 0.717) is 51.0 Å². The molecule has 0 aliphatic carbocycles. The number of rotatable bonds is 16. The van der Waals surface area contributed by atoms with E-state index in [9.17, 15) is 29.2 Å². The van der Waals surface area contributed by atoms with Gasteiger partial charge >= 0.3 is 0 Å². The fourth-order valence-electron chi connectivity index (χ4n) is 7.69. The van der Waals surface area contributed by atoms with E-state index in [1.165, 1.54) is 30.0 Å². The number of benzene rings is 3. The maximum atomic E-state index is 14.7. The minimum atomic E-state index is -1.41. The van der Waals surface area contributed by atoms with Crippen molar-refractivity contribution in [1.29, 1.82) is 5.26 Å². The summed E-state index contributed by atoms with van der Waals surface area (Å²) in [7, 11) is 1.42. The molecule has 5 amide bonds. The third-order valence-electron chi connectivity index (χ3n) is 11.4. The lowest BCUT2D eigenvalue weighted by Crippen LogP contribution is -2.56. The molecule has 0 radical (unpaired) electrons. The fraction of sp³-hybridized carbons (Fsp3) is 0.388. The summed E-state index contributed by atoms with van der Waals surface area (Å²) in [6.45, 7) is 11.4. The molecule has 4 bridgehead atoms. The predicted molar refractivity (Wildman–Crippen MR) is 254 cm³/mol. The molecule has 1 aliphatic heterocycles. The number of nitriles is 1. The highest BCUT2D eigenvalue weighted by atomic mass is 16.5. The number of likely N-dealkylation sites (N-methyl/N-ethyl adjacent to an activating group) is 1. The van der Waals surface area contributed by atoms with Crippen molar-refractivity contribution >= 4 is 35.1 Å². The lowest BCUT2D eigenvalue weighted by atomic mass is 9.93. The van der Waals surface area contributed by atoms with Gasteiger partial charge in [0.15, 0.2) is 5.82 Å². The number of ether oxygens (including phenoxy) is 2. The summed E-state index contributed by atoms with van der Waals surface area (Å²) in [6.07, 6.45) is -0.00206. The van der Waals surface area contributed by atoms with Crippen LogP contribution in [0.1, 0.15) is 78.6 Å². The zero-order chi connectivity index (χ0) is 48.9. The molecule has 0 spiro atoms. The summed E-state index contributed by atoms with van der Waals surface area (Å²) in [6, 6.07) is 14.9. The van der Waals surface area contributed by atoms with E-state index >= 15 is 0 Å². The topological polar surface area (TPSA) is 283 Å². The van der Waals surface area contributed by atoms with E-state index in [1.54, 1.807) is 50.2 Å². The molecule has 5 rings (SSSR count). The number of nitrogens with one attached hydrogen (secondary N) is 4. The average Bonchev–Trinajstić information content (AvgIpc) is 3.30. The van der Waals surface area contributed by atoms with E-state index in [1.807, 2.05) is 30.3 Å². The Morgan fingerprint density at radius 2 is 1.48 bits per heavy atom. The van der Waals surface area contributed by atoms with Crippen molar-refractivity contribution in [1.82, 2.24) is 36.1 Å². The van der Waals surface area contributed by atoms with E-state index in [2.05, 4.69) is 52.0 Å². The van der Waals surface area contributed by atoms with Gasteiger partial charge in [0, 0.05) is 43.2 Å². The van der Waals surface area contributed by atoms with Gasteiger partial charge in [-0.3, -0.25) is 24.0 Å². The van der Waals surface area contributed by atoms with Gasteiger partial charge in [0.05, 0.1) is 23.0 Å². The van der Waals surface area contributed by atoms with Gasteiger partial charge in [0.25, 0.3) is 5.91 Å². The lowest BCUT2D eigenvalue weighted by Gasteiger charge is -2.32. The first-order valence-electron chi connectivity index (χ1n) is 22.1. The minimum absolute atomic E-state index is 0.000371. The third kappa shape index (κ3) is 12.4. The first-order chi connectivity index (χ1) is 32.0. The number of carbonyl (C=O) groups is 5. The van der Waals surface area contributed by atoms with Crippen LogP contribution in [0.15, 0.2) is 66.2 Å². The Kier molecular flexibility index (Phi) is 17.7. The molecular formula is C49H61N11O7. The Morgan fingerprint density at radius 3 is 2.06 bits per heavy atom. The van der Waals surface area contributed by atoms with Crippen LogP contribution in [0.2, 0.25) is 0 Å². The van der Waals surface area contributed by atoms with Crippen molar-refractivity contribution in [3.8, 4) is 40.1 Å². The third-order valence-corrected chi connectivity index (χ3v) is 11.4. The number of amides is 5. The van der Waals surface area contributed by atoms with Gasteiger partial charge in [0.1, 0.15) is 55.4 Å². The van der Waals surface area contributed by atoms with Gasteiger partial charge < -0.3 is 52.8 Å². The Balaban J connectivity index is 1.56. The largest absolute Gasteiger partial charge is 0.492 e. The van der Waals surface area contributed by atoms with E-state index in [-0.39, 0.29) is 57.8 Å². The summed E-state index contributed by atoms with van der Waals surface area (Å²) in [5.74, 6) is -2.15. The highest BCUT2D eigenvalue weighted by molar-refractivity contribution is 6.00. The number of hydrogen-bond donors (Lipinski definition) is 7. The summed E-state index contributed by atoms with van der Waals surface area (Å²) in [5, 5.41) is 19.9. The van der Waals surface area contributed by atoms with Gasteiger partial charge in [-0.1, -0.05) is 42.0 Å². The lowest BCUT2D eigenvalue weighted by molar-refractivity contribution is -0.141. The first-order valence-corrected chi connectivity index (χ1v) is 22.1. The highest BCUT2D eigenvalue weighted by Gasteiger charge is 2.36. The molecule has 0 fully saturated rings. The molecule has 4 aromatic rings. The maximum Gasteiger partial charge on any atom is 0.255 e. The van der Waals surface area contributed by atoms with Gasteiger partial charge in [-0.05, 0) is 101 Å². The number of allylic oxidation sites excluding steroid dienone is 2. The molecule has 18 heteroatoms. The smallest absolute Gasteiger partial charge is 0.255 e. The van der Waals surface area contributed by atoms with Crippen molar-refractivity contribution in [2.24, 2.45) is 17.2 Å². The van der Waals surface area contributed by atoms with Crippen molar-refractivity contribution < 1.29 is 33.4 Å². The van der Waals surface area contributed by atoms with Crippen LogP contribution >= 0.6 is 0 Å². The molecule has 354 valence electrons. The van der Waals surface area contributed by atoms with Crippen molar-refractivity contribution in [2.75, 3.05) is 46.4 Å². The monoisotopic (exact) mass is 915 g/mol. The van der Waals surface area contributed by atoms with Crippen molar-refractivity contribution in [3.05, 3.63) is 99.9 Å². The quantitative estimate of drug-likeness (QED) is 0.0798. The number of nitrogens with zero attached hydrogens (tertiary/aromatic N) is 4. The van der Waals surface area contributed by atoms with Crippen LogP contribution in [-0.2, 0) is 25.6 Å². The summed E-state index contributed by atoms with van der Waals surface area (Å²) >= 11 is 0. The minimum Gasteiger partial charge on any atom is -0.492 e. The van der Waals surface area contributed by atoms with Gasteiger partial charge in [0.2, 0.25) is 23.6 Å². The average molecular weight is 916 g/mol. The molecule has 67 heavy (non-hydrogen) atoms. The zero-order valence-corrected chi connectivity index (χ0v) is 39.1. The molecule has 1 aliphatic rings. The molecular weight excluding hydrogens is 855 g/mol. The second kappa shape index (κ2) is 23.3. The van der Waals surface area contributed by atoms with Crippen LogP contribution in [0, 0.1) is 25.2 Å². The molecule has 1 aromatic heterocycles. The van der Waals surface area contributed by atoms with Crippen molar-refractivity contribution in [2.45, 2.75) is 78.6 Å². The fourth-order valence-corrected chi connectivity index (χ4v) is 7.69. The Labute approximate surface area is 391 Å². The van der Waals surface area contributed by atoms with E-state index in [4.69, 9.17) is 26.7 Å². The summed E-state index contributed by atoms with van der Waals surface area (Å²) in [4.78, 5) is 81.1. The second-order valence-corrected chi connectivity index (χ2v) is 16.5. The number of aromatic nitrogens is 2. The van der Waals surface area contributed by atoms with Crippen LogP contribution in [0.5, 0.6) is 11.5 Å².